The highest BCUT2D eigenvalue weighted by molar-refractivity contribution is 5.96. The number of carbonyl (C=O) groups excluding carboxylic acids is 1. The maximum Gasteiger partial charge on any atom is 0.407 e. The first-order valence-corrected chi connectivity index (χ1v) is 12.4. The molecule has 0 aromatic heterocycles. The first kappa shape index (κ1) is 25.6. The summed E-state index contributed by atoms with van der Waals surface area (Å²) in [5.74, 6) is 0.434. The monoisotopic (exact) mass is 498 g/mol. The number of carbonyl (C=O) groups is 2. The zero-order chi connectivity index (χ0) is 25.5. The lowest BCUT2D eigenvalue weighted by Crippen LogP contribution is -2.41. The number of aliphatic hydroxyl groups excluding tert-OH is 1. The second-order valence-corrected chi connectivity index (χ2v) is 9.29. The zero-order valence-electron chi connectivity index (χ0n) is 20.2. The number of nitrogens with one attached hydrogen (secondary N) is 3. The van der Waals surface area contributed by atoms with E-state index in [1.54, 1.807) is 6.07 Å². The molecule has 194 valence electrons. The number of piperidine rings is 1. The van der Waals surface area contributed by atoms with Crippen molar-refractivity contribution in [3.63, 3.8) is 0 Å². The van der Waals surface area contributed by atoms with E-state index in [9.17, 15) is 19.8 Å². The van der Waals surface area contributed by atoms with Crippen LogP contribution in [-0.2, 0) is 17.6 Å². The summed E-state index contributed by atoms with van der Waals surface area (Å²) in [6.07, 6.45) is 1.68. The predicted octanol–water partition coefficient (Wildman–Crippen LogP) is 2.40. The fraction of sp³-hybridized carbons (Fsp3) is 0.462. The van der Waals surface area contributed by atoms with E-state index < -0.39 is 12.2 Å². The van der Waals surface area contributed by atoms with E-state index in [0.29, 0.717) is 50.5 Å². The Bertz CT molecular complexity index is 1050. The highest BCUT2D eigenvalue weighted by Crippen LogP contribution is 2.38. The standard InChI is InChI=1S/C26H34N4O6/c31-20(16-36-23-7-6-22(32)25-21(23)5-8-24(33)29-25)15-27-12-9-17-1-3-18(4-2-17)28-19-10-13-30(14-11-19)26(34)35/h1-4,6-7,19-20,27-28,31-32H,5,8-16H2,(H,29,33)(H,34,35)/t20-/m0/s1. The molecule has 2 aromatic carbocycles. The molecule has 10 nitrogen and oxygen atoms in total. The molecule has 10 heteroatoms. The molecule has 36 heavy (non-hydrogen) atoms. The van der Waals surface area contributed by atoms with Gasteiger partial charge in [-0.15, -0.1) is 0 Å². The molecule has 1 saturated heterocycles. The molecular formula is C26H34N4O6. The Kier molecular flexibility index (Phi) is 8.50. The van der Waals surface area contributed by atoms with Crippen LogP contribution in [0.1, 0.15) is 30.4 Å². The number of anilines is 2. The molecule has 2 aliphatic heterocycles. The number of nitrogens with zero attached hydrogens (tertiary/aromatic N) is 1. The number of rotatable bonds is 10. The average molecular weight is 499 g/mol. The van der Waals surface area contributed by atoms with E-state index in [4.69, 9.17) is 9.84 Å². The van der Waals surface area contributed by atoms with Gasteiger partial charge < -0.3 is 40.9 Å². The Morgan fingerprint density at radius 1 is 1.14 bits per heavy atom. The summed E-state index contributed by atoms with van der Waals surface area (Å²) in [5, 5.41) is 38.7. The molecule has 0 spiro atoms. The van der Waals surface area contributed by atoms with Gasteiger partial charge in [-0.3, -0.25) is 4.79 Å². The number of phenolic OH excluding ortho intramolecular Hbond substituents is 1. The van der Waals surface area contributed by atoms with Crippen LogP contribution in [0.3, 0.4) is 0 Å². The van der Waals surface area contributed by atoms with Crippen molar-refractivity contribution in [2.45, 2.75) is 44.2 Å². The summed E-state index contributed by atoms with van der Waals surface area (Å²) in [6, 6.07) is 11.6. The van der Waals surface area contributed by atoms with E-state index in [-0.39, 0.29) is 24.3 Å². The highest BCUT2D eigenvalue weighted by Gasteiger charge is 2.23. The molecule has 2 amide bonds. The van der Waals surface area contributed by atoms with Crippen molar-refractivity contribution >= 4 is 23.4 Å². The van der Waals surface area contributed by atoms with Gasteiger partial charge in [-0.2, -0.15) is 0 Å². The van der Waals surface area contributed by atoms with Gasteiger partial charge in [0.1, 0.15) is 24.2 Å². The first-order valence-electron chi connectivity index (χ1n) is 12.4. The van der Waals surface area contributed by atoms with E-state index in [0.717, 1.165) is 30.5 Å². The van der Waals surface area contributed by atoms with Crippen molar-refractivity contribution < 1.29 is 29.6 Å². The van der Waals surface area contributed by atoms with Crippen LogP contribution in [-0.4, -0.2) is 77.2 Å². The van der Waals surface area contributed by atoms with Crippen LogP contribution in [0.4, 0.5) is 16.2 Å². The number of hydrogen-bond acceptors (Lipinski definition) is 7. The lowest BCUT2D eigenvalue weighted by molar-refractivity contribution is -0.116. The molecule has 0 radical (unpaired) electrons. The molecule has 6 N–H and O–H groups in total. The van der Waals surface area contributed by atoms with Crippen molar-refractivity contribution in [3.05, 3.63) is 47.5 Å². The Balaban J connectivity index is 1.14. The molecule has 2 heterocycles. The second-order valence-electron chi connectivity index (χ2n) is 9.29. The van der Waals surface area contributed by atoms with Crippen LogP contribution in [0.25, 0.3) is 0 Å². The van der Waals surface area contributed by atoms with Crippen molar-refractivity contribution in [1.82, 2.24) is 10.2 Å². The first-order chi connectivity index (χ1) is 17.4. The highest BCUT2D eigenvalue weighted by atomic mass is 16.5. The fourth-order valence-electron chi connectivity index (χ4n) is 4.54. The van der Waals surface area contributed by atoms with Crippen LogP contribution < -0.4 is 20.7 Å². The van der Waals surface area contributed by atoms with Crippen LogP contribution in [0.15, 0.2) is 36.4 Å². The van der Waals surface area contributed by atoms with Gasteiger partial charge in [0.2, 0.25) is 5.91 Å². The summed E-state index contributed by atoms with van der Waals surface area (Å²) >= 11 is 0. The Morgan fingerprint density at radius 2 is 1.89 bits per heavy atom. The molecule has 0 bridgehead atoms. The molecular weight excluding hydrogens is 464 g/mol. The largest absolute Gasteiger partial charge is 0.506 e. The molecule has 4 rings (SSSR count). The van der Waals surface area contributed by atoms with E-state index >= 15 is 0 Å². The topological polar surface area (TPSA) is 143 Å². The number of likely N-dealkylation sites (tertiary alicyclic amines) is 1. The third-order valence-electron chi connectivity index (χ3n) is 6.61. The van der Waals surface area contributed by atoms with E-state index in [1.807, 2.05) is 12.1 Å². The fourth-order valence-corrected chi connectivity index (χ4v) is 4.54. The SMILES string of the molecule is O=C1CCc2c(OC[C@@H](O)CNCCc3ccc(NC4CCN(C(=O)O)CC4)cc3)ccc(O)c2N1. The number of fused-ring (bicyclic) bond motifs is 1. The molecule has 2 aromatic rings. The zero-order valence-corrected chi connectivity index (χ0v) is 20.2. The number of phenols is 1. The maximum absolute atomic E-state index is 11.6. The lowest BCUT2D eigenvalue weighted by Gasteiger charge is -2.31. The van der Waals surface area contributed by atoms with Crippen LogP contribution >= 0.6 is 0 Å². The smallest absolute Gasteiger partial charge is 0.407 e. The van der Waals surface area contributed by atoms with Crippen LogP contribution in [0.5, 0.6) is 11.5 Å². The summed E-state index contributed by atoms with van der Waals surface area (Å²) in [6.45, 7) is 2.31. The van der Waals surface area contributed by atoms with E-state index in [2.05, 4.69) is 28.1 Å². The summed E-state index contributed by atoms with van der Waals surface area (Å²) in [7, 11) is 0. The summed E-state index contributed by atoms with van der Waals surface area (Å²) in [5.41, 5.74) is 3.35. The summed E-state index contributed by atoms with van der Waals surface area (Å²) in [4.78, 5) is 24.1. The molecule has 2 aliphatic rings. The van der Waals surface area contributed by atoms with Gasteiger partial charge in [0.25, 0.3) is 0 Å². The molecule has 1 fully saturated rings. The van der Waals surface area contributed by atoms with Crippen molar-refractivity contribution in [3.8, 4) is 11.5 Å². The lowest BCUT2D eigenvalue weighted by atomic mass is 10.0. The van der Waals surface area contributed by atoms with Crippen molar-refractivity contribution in [2.75, 3.05) is 43.4 Å². The van der Waals surface area contributed by atoms with Gasteiger partial charge >= 0.3 is 6.09 Å². The average Bonchev–Trinajstić information content (AvgIpc) is 2.88. The van der Waals surface area contributed by atoms with Crippen LogP contribution in [0.2, 0.25) is 0 Å². The molecule has 0 aliphatic carbocycles. The number of ether oxygens (including phenoxy) is 1. The number of aromatic hydroxyl groups is 1. The van der Waals surface area contributed by atoms with Gasteiger partial charge in [0.15, 0.2) is 0 Å². The Hall–Kier alpha value is -3.50. The Labute approximate surface area is 210 Å². The normalized spacial score (nSPS) is 16.7. The number of carboxylic acid groups (broad SMARTS) is 1. The number of hydrogen-bond donors (Lipinski definition) is 6. The van der Waals surface area contributed by atoms with E-state index in [1.165, 1.54) is 16.5 Å². The van der Waals surface area contributed by atoms with Gasteiger partial charge in [-0.1, -0.05) is 12.1 Å². The van der Waals surface area contributed by atoms with Crippen molar-refractivity contribution in [2.24, 2.45) is 0 Å². The molecule has 1 atom stereocenters. The maximum atomic E-state index is 11.6. The minimum atomic E-state index is -0.848. The minimum Gasteiger partial charge on any atom is -0.506 e. The second kappa shape index (κ2) is 12.0. The minimum absolute atomic E-state index is 0.0116. The van der Waals surface area contributed by atoms with Gasteiger partial charge in [-0.25, -0.2) is 4.79 Å². The number of benzene rings is 2. The molecule has 0 unspecified atom stereocenters. The third kappa shape index (κ3) is 6.79. The predicted molar refractivity (Wildman–Crippen MR) is 136 cm³/mol. The third-order valence-corrected chi connectivity index (χ3v) is 6.61. The summed E-state index contributed by atoms with van der Waals surface area (Å²) < 4.78 is 5.77. The Morgan fingerprint density at radius 3 is 2.61 bits per heavy atom. The van der Waals surface area contributed by atoms with Crippen LogP contribution in [0, 0.1) is 0 Å². The number of aliphatic hydroxyl groups is 1. The van der Waals surface area contributed by atoms with Gasteiger partial charge in [-0.05, 0) is 62.1 Å². The molecule has 0 saturated carbocycles. The van der Waals surface area contributed by atoms with Crippen molar-refractivity contribution in [1.29, 1.82) is 0 Å². The van der Waals surface area contributed by atoms with Gasteiger partial charge in [0.05, 0.1) is 5.69 Å². The van der Waals surface area contributed by atoms with Gasteiger partial charge in [0, 0.05) is 43.3 Å². The number of amides is 2. The quantitative estimate of drug-likeness (QED) is 0.217.